The highest BCUT2D eigenvalue weighted by Gasteiger charge is 2.20. The number of benzene rings is 3. The van der Waals surface area contributed by atoms with Crippen molar-refractivity contribution in [3.05, 3.63) is 72.3 Å². The molecule has 3 aromatic carbocycles. The van der Waals surface area contributed by atoms with Gasteiger partial charge in [-0.25, -0.2) is 8.42 Å². The summed E-state index contributed by atoms with van der Waals surface area (Å²) in [6.45, 7) is 1.56. The number of carbonyl (C=O) groups is 1. The Balaban J connectivity index is 1.65. The quantitative estimate of drug-likeness (QED) is 0.350. The van der Waals surface area contributed by atoms with Crippen molar-refractivity contribution in [2.75, 3.05) is 15.8 Å². The number of nitrogens with two attached hydrogens (primary N) is 1. The number of rotatable bonds is 7. The molecule has 0 aliphatic carbocycles. The van der Waals surface area contributed by atoms with Crippen LogP contribution in [-0.4, -0.2) is 30.3 Å². The largest absolute Gasteiger partial charge is 0.365 e. The summed E-state index contributed by atoms with van der Waals surface area (Å²) in [5, 5.41) is 12.4. The summed E-state index contributed by atoms with van der Waals surface area (Å²) in [6.07, 6.45) is 0. The first-order valence-electron chi connectivity index (χ1n) is 9.61. The van der Waals surface area contributed by atoms with Gasteiger partial charge in [0.15, 0.2) is 5.82 Å². The zero-order valence-corrected chi connectivity index (χ0v) is 17.5. The molecule has 0 atom stereocenters. The van der Waals surface area contributed by atoms with E-state index in [9.17, 15) is 13.2 Å². The van der Waals surface area contributed by atoms with Crippen molar-refractivity contribution >= 4 is 43.9 Å². The summed E-state index contributed by atoms with van der Waals surface area (Å²) in [6, 6.07) is 20.4. The highest BCUT2D eigenvalue weighted by atomic mass is 32.2. The van der Waals surface area contributed by atoms with Crippen molar-refractivity contribution in [2.45, 2.75) is 6.92 Å². The highest BCUT2D eigenvalue weighted by molar-refractivity contribution is 7.92. The number of nitrogens with zero attached hydrogens (tertiary/aromatic N) is 1. The average Bonchev–Trinajstić information content (AvgIpc) is 3.18. The lowest BCUT2D eigenvalue weighted by atomic mass is 10.1. The molecule has 1 amide bonds. The Hall–Kier alpha value is -3.85. The van der Waals surface area contributed by atoms with Crippen LogP contribution in [0, 0.1) is 0 Å². The summed E-state index contributed by atoms with van der Waals surface area (Å²) >= 11 is 0. The van der Waals surface area contributed by atoms with Crippen LogP contribution < -0.4 is 15.8 Å². The van der Waals surface area contributed by atoms with Crippen LogP contribution in [0.5, 0.6) is 0 Å². The number of anilines is 3. The minimum Gasteiger partial charge on any atom is -0.365 e. The van der Waals surface area contributed by atoms with Crippen LogP contribution in [-0.2, 0) is 10.0 Å². The molecular weight excluding hydrogens is 414 g/mol. The smallest absolute Gasteiger partial charge is 0.254 e. The van der Waals surface area contributed by atoms with Crippen LogP contribution in [0.3, 0.4) is 0 Å². The summed E-state index contributed by atoms with van der Waals surface area (Å²) < 4.78 is 25.9. The number of aromatic nitrogens is 2. The maximum absolute atomic E-state index is 12.2. The summed E-state index contributed by atoms with van der Waals surface area (Å²) in [4.78, 5) is 12.2. The maximum atomic E-state index is 12.2. The number of amides is 1. The molecule has 4 aromatic rings. The second kappa shape index (κ2) is 8.11. The van der Waals surface area contributed by atoms with E-state index in [1.807, 2.05) is 42.5 Å². The van der Waals surface area contributed by atoms with E-state index in [4.69, 9.17) is 5.73 Å². The fraction of sp³-hybridized carbons (Fsp3) is 0.0909. The molecule has 9 heteroatoms. The second-order valence-corrected chi connectivity index (χ2v) is 8.97. The number of carbonyl (C=O) groups excluding carboxylic acids is 1. The van der Waals surface area contributed by atoms with E-state index in [1.54, 1.807) is 31.2 Å². The monoisotopic (exact) mass is 435 g/mol. The molecular formula is C22H21N5O3S. The van der Waals surface area contributed by atoms with Crippen LogP contribution in [0.4, 0.5) is 17.2 Å². The number of hydrogen-bond donors (Lipinski definition) is 4. The van der Waals surface area contributed by atoms with E-state index in [0.717, 1.165) is 16.5 Å². The third-order valence-corrected chi connectivity index (χ3v) is 6.16. The molecule has 0 fully saturated rings. The Kier molecular flexibility index (Phi) is 5.35. The molecule has 5 N–H and O–H groups in total. The van der Waals surface area contributed by atoms with E-state index < -0.39 is 15.9 Å². The SMILES string of the molecule is CCS(=O)(=O)Nc1ccc(-c2[nH]nc(Nc3ccc4ccccc4c3)c2C(N)=O)cc1. The van der Waals surface area contributed by atoms with E-state index in [2.05, 4.69) is 20.2 Å². The summed E-state index contributed by atoms with van der Waals surface area (Å²) in [5.74, 6) is -0.346. The van der Waals surface area contributed by atoms with Gasteiger partial charge in [0.05, 0.1) is 11.4 Å². The number of sulfonamides is 1. The highest BCUT2D eigenvalue weighted by Crippen LogP contribution is 2.30. The first kappa shape index (κ1) is 20.4. The average molecular weight is 436 g/mol. The first-order chi connectivity index (χ1) is 14.9. The molecule has 1 aromatic heterocycles. The van der Waals surface area contributed by atoms with Crippen molar-refractivity contribution in [1.29, 1.82) is 0 Å². The van der Waals surface area contributed by atoms with Crippen molar-refractivity contribution in [1.82, 2.24) is 10.2 Å². The van der Waals surface area contributed by atoms with Gasteiger partial charge in [0.1, 0.15) is 5.56 Å². The van der Waals surface area contributed by atoms with E-state index in [-0.39, 0.29) is 11.3 Å². The van der Waals surface area contributed by atoms with Crippen LogP contribution in [0.1, 0.15) is 17.3 Å². The van der Waals surface area contributed by atoms with Gasteiger partial charge in [-0.15, -0.1) is 0 Å². The van der Waals surface area contributed by atoms with Gasteiger partial charge in [0.2, 0.25) is 10.0 Å². The van der Waals surface area contributed by atoms with Crippen molar-refractivity contribution in [2.24, 2.45) is 5.73 Å². The molecule has 31 heavy (non-hydrogen) atoms. The number of primary amides is 1. The lowest BCUT2D eigenvalue weighted by molar-refractivity contribution is 0.100. The normalized spacial score (nSPS) is 11.4. The molecule has 0 aliphatic heterocycles. The van der Waals surface area contributed by atoms with Crippen LogP contribution in [0.25, 0.3) is 22.0 Å². The Morgan fingerprint density at radius 3 is 2.35 bits per heavy atom. The minimum atomic E-state index is -3.37. The molecule has 0 unspecified atom stereocenters. The Morgan fingerprint density at radius 1 is 1.00 bits per heavy atom. The van der Waals surface area contributed by atoms with Gasteiger partial charge in [-0.3, -0.25) is 14.6 Å². The van der Waals surface area contributed by atoms with Gasteiger partial charge < -0.3 is 11.1 Å². The van der Waals surface area contributed by atoms with E-state index >= 15 is 0 Å². The molecule has 4 rings (SSSR count). The number of aromatic amines is 1. The van der Waals surface area contributed by atoms with Gasteiger partial charge in [-0.05, 0) is 42.0 Å². The number of nitrogens with one attached hydrogen (secondary N) is 3. The fourth-order valence-electron chi connectivity index (χ4n) is 3.24. The maximum Gasteiger partial charge on any atom is 0.254 e. The molecule has 0 spiro atoms. The molecule has 0 saturated heterocycles. The third-order valence-electron chi connectivity index (χ3n) is 4.85. The standard InChI is InChI=1S/C22H21N5O3S/c1-2-31(29,30)27-17-10-8-15(9-11-17)20-19(21(23)28)22(26-25-20)24-18-12-7-14-5-3-4-6-16(14)13-18/h3-13,27H,2H2,1H3,(H2,23,28)(H2,24,25,26). The lowest BCUT2D eigenvalue weighted by Gasteiger charge is -2.08. The van der Waals surface area contributed by atoms with E-state index in [0.29, 0.717) is 22.8 Å². The molecule has 158 valence electrons. The predicted octanol–water partition coefficient (Wildman–Crippen LogP) is 3.83. The zero-order chi connectivity index (χ0) is 22.0. The molecule has 0 aliphatic rings. The molecule has 0 radical (unpaired) electrons. The molecule has 1 heterocycles. The topological polar surface area (TPSA) is 130 Å². The molecule has 8 nitrogen and oxygen atoms in total. The number of hydrogen-bond acceptors (Lipinski definition) is 5. The Morgan fingerprint density at radius 2 is 1.68 bits per heavy atom. The minimum absolute atomic E-state index is 0.0229. The van der Waals surface area contributed by atoms with E-state index in [1.165, 1.54) is 0 Å². The predicted molar refractivity (Wildman–Crippen MR) is 123 cm³/mol. The van der Waals surface area contributed by atoms with Crippen LogP contribution in [0.2, 0.25) is 0 Å². The first-order valence-corrected chi connectivity index (χ1v) is 11.3. The third kappa shape index (κ3) is 4.36. The zero-order valence-electron chi connectivity index (χ0n) is 16.7. The summed E-state index contributed by atoms with van der Waals surface area (Å²) in [7, 11) is -3.37. The van der Waals surface area contributed by atoms with Crippen LogP contribution >= 0.6 is 0 Å². The van der Waals surface area contributed by atoms with Crippen molar-refractivity contribution in [3.63, 3.8) is 0 Å². The number of fused-ring (bicyclic) bond motifs is 1. The lowest BCUT2D eigenvalue weighted by Crippen LogP contribution is -2.14. The van der Waals surface area contributed by atoms with Gasteiger partial charge in [0, 0.05) is 16.9 Å². The van der Waals surface area contributed by atoms with Gasteiger partial charge in [-0.2, -0.15) is 5.10 Å². The van der Waals surface area contributed by atoms with Gasteiger partial charge in [0.25, 0.3) is 5.91 Å². The number of H-pyrrole nitrogens is 1. The Bertz CT molecular complexity index is 1360. The van der Waals surface area contributed by atoms with Crippen molar-refractivity contribution in [3.8, 4) is 11.3 Å². The van der Waals surface area contributed by atoms with Gasteiger partial charge in [-0.1, -0.05) is 42.5 Å². The second-order valence-electron chi connectivity index (χ2n) is 6.96. The van der Waals surface area contributed by atoms with Crippen molar-refractivity contribution < 1.29 is 13.2 Å². The molecule has 0 saturated carbocycles. The summed E-state index contributed by atoms with van der Waals surface area (Å²) in [5.41, 5.74) is 8.15. The molecule has 0 bridgehead atoms. The van der Waals surface area contributed by atoms with Crippen LogP contribution in [0.15, 0.2) is 66.7 Å². The fourth-order valence-corrected chi connectivity index (χ4v) is 3.88. The van der Waals surface area contributed by atoms with Gasteiger partial charge >= 0.3 is 0 Å². The Labute approximate surface area is 179 Å².